The van der Waals surface area contributed by atoms with Crippen LogP contribution < -0.4 is 4.90 Å². The van der Waals surface area contributed by atoms with Gasteiger partial charge in [-0.3, -0.25) is 4.79 Å². The predicted molar refractivity (Wildman–Crippen MR) is 116 cm³/mol. The molecule has 2 amide bonds. The number of ether oxygens (including phenoxy) is 2. The molecule has 2 aromatic carbocycles. The predicted octanol–water partition coefficient (Wildman–Crippen LogP) is 4.25. The Labute approximate surface area is 178 Å². The molecule has 2 aromatic rings. The molecule has 1 fully saturated rings. The summed E-state index contributed by atoms with van der Waals surface area (Å²) >= 11 is 0. The standard InChI is InChI=1S/C24H30N2O4/c1-4-22(27)26(20-13-9-6-10-14-20)21-15-16-25(18-24(21,2)29-3)23(28)30-17-19-11-7-5-8-12-19/h5-14,21H,4,15-18H2,1-3H3/t21-,24+/m0/s1. The maximum absolute atomic E-state index is 12.9. The molecule has 0 bridgehead atoms. The van der Waals surface area contributed by atoms with E-state index in [9.17, 15) is 9.59 Å². The van der Waals surface area contributed by atoms with Gasteiger partial charge in [-0.25, -0.2) is 4.79 Å². The molecule has 0 aromatic heterocycles. The second-order valence-corrected chi connectivity index (χ2v) is 7.74. The Morgan fingerprint density at radius 1 is 1.10 bits per heavy atom. The molecule has 0 saturated carbocycles. The summed E-state index contributed by atoms with van der Waals surface area (Å²) in [6.07, 6.45) is 0.632. The fourth-order valence-corrected chi connectivity index (χ4v) is 3.97. The molecule has 1 aliphatic rings. The van der Waals surface area contributed by atoms with Crippen LogP contribution in [0.3, 0.4) is 0 Å². The lowest BCUT2D eigenvalue weighted by atomic mass is 9.87. The molecule has 3 rings (SSSR count). The lowest BCUT2D eigenvalue weighted by molar-refractivity contribution is -0.122. The molecule has 0 unspecified atom stereocenters. The fourth-order valence-electron chi connectivity index (χ4n) is 3.97. The van der Waals surface area contributed by atoms with Crippen molar-refractivity contribution >= 4 is 17.7 Å². The summed E-state index contributed by atoms with van der Waals surface area (Å²) in [6.45, 7) is 4.89. The number of rotatable bonds is 6. The third-order valence-electron chi connectivity index (χ3n) is 5.73. The average Bonchev–Trinajstić information content (AvgIpc) is 2.80. The third-order valence-corrected chi connectivity index (χ3v) is 5.73. The van der Waals surface area contributed by atoms with Crippen molar-refractivity contribution in [2.75, 3.05) is 25.1 Å². The number of benzene rings is 2. The van der Waals surface area contributed by atoms with Crippen LogP contribution in [0.25, 0.3) is 0 Å². The highest BCUT2D eigenvalue weighted by Gasteiger charge is 2.46. The first-order valence-electron chi connectivity index (χ1n) is 10.4. The summed E-state index contributed by atoms with van der Waals surface area (Å²) in [5.41, 5.74) is 1.07. The summed E-state index contributed by atoms with van der Waals surface area (Å²) < 4.78 is 11.4. The van der Waals surface area contributed by atoms with Gasteiger partial charge < -0.3 is 19.3 Å². The first-order chi connectivity index (χ1) is 14.5. The Balaban J connectivity index is 1.74. The minimum absolute atomic E-state index is 0.0366. The van der Waals surface area contributed by atoms with Gasteiger partial charge >= 0.3 is 6.09 Å². The monoisotopic (exact) mass is 410 g/mol. The minimum atomic E-state index is -0.718. The fraction of sp³-hybridized carbons (Fsp3) is 0.417. The van der Waals surface area contributed by atoms with Crippen molar-refractivity contribution in [3.63, 3.8) is 0 Å². The van der Waals surface area contributed by atoms with Crippen molar-refractivity contribution in [2.24, 2.45) is 0 Å². The Morgan fingerprint density at radius 3 is 2.33 bits per heavy atom. The Bertz CT molecular complexity index is 843. The molecule has 0 spiro atoms. The summed E-state index contributed by atoms with van der Waals surface area (Å²) in [7, 11) is 1.63. The summed E-state index contributed by atoms with van der Waals surface area (Å²) in [6, 6.07) is 19.1. The van der Waals surface area contributed by atoms with Gasteiger partial charge in [0, 0.05) is 25.8 Å². The van der Waals surface area contributed by atoms with E-state index < -0.39 is 5.60 Å². The number of carbonyl (C=O) groups is 2. The molecule has 30 heavy (non-hydrogen) atoms. The quantitative estimate of drug-likeness (QED) is 0.715. The van der Waals surface area contributed by atoms with Crippen molar-refractivity contribution in [2.45, 2.75) is 44.9 Å². The molecule has 0 aliphatic carbocycles. The van der Waals surface area contributed by atoms with Gasteiger partial charge in [-0.15, -0.1) is 0 Å². The Kier molecular flexibility index (Phi) is 7.11. The second kappa shape index (κ2) is 9.76. The molecule has 0 N–H and O–H groups in total. The largest absolute Gasteiger partial charge is 0.445 e. The van der Waals surface area contributed by atoms with E-state index in [1.165, 1.54) is 0 Å². The molecule has 2 atom stereocenters. The number of likely N-dealkylation sites (tertiary alicyclic amines) is 1. The first-order valence-corrected chi connectivity index (χ1v) is 10.4. The van der Waals surface area contributed by atoms with E-state index >= 15 is 0 Å². The number of methoxy groups -OCH3 is 1. The van der Waals surface area contributed by atoms with Crippen LogP contribution in [0.2, 0.25) is 0 Å². The molecular weight excluding hydrogens is 380 g/mol. The summed E-state index contributed by atoms with van der Waals surface area (Å²) in [4.78, 5) is 29.0. The first kappa shape index (κ1) is 21.8. The highest BCUT2D eigenvalue weighted by atomic mass is 16.6. The molecule has 1 aliphatic heterocycles. The van der Waals surface area contributed by atoms with E-state index in [0.29, 0.717) is 25.9 Å². The lowest BCUT2D eigenvalue weighted by Crippen LogP contribution is -2.64. The van der Waals surface area contributed by atoms with E-state index in [4.69, 9.17) is 9.47 Å². The van der Waals surface area contributed by atoms with Crippen LogP contribution >= 0.6 is 0 Å². The van der Waals surface area contributed by atoms with Crippen molar-refractivity contribution < 1.29 is 19.1 Å². The molecule has 160 valence electrons. The zero-order valence-electron chi connectivity index (χ0n) is 17.9. The molecule has 1 saturated heterocycles. The number of anilines is 1. The summed E-state index contributed by atoms with van der Waals surface area (Å²) in [5, 5.41) is 0. The average molecular weight is 411 g/mol. The number of hydrogen-bond donors (Lipinski definition) is 0. The molecule has 1 heterocycles. The van der Waals surface area contributed by atoms with Gasteiger partial charge in [0.05, 0.1) is 12.6 Å². The van der Waals surface area contributed by atoms with E-state index in [2.05, 4.69) is 0 Å². The Hall–Kier alpha value is -2.86. The number of hydrogen-bond acceptors (Lipinski definition) is 4. The Morgan fingerprint density at radius 2 is 1.73 bits per heavy atom. The van der Waals surface area contributed by atoms with Crippen LogP contribution in [0, 0.1) is 0 Å². The number of carbonyl (C=O) groups excluding carboxylic acids is 2. The van der Waals surface area contributed by atoms with E-state index in [1.54, 1.807) is 12.0 Å². The molecule has 6 heteroatoms. The SMILES string of the molecule is CCC(=O)N(c1ccccc1)[C@H]1CCN(C(=O)OCc2ccccc2)C[C@@]1(C)OC. The zero-order valence-corrected chi connectivity index (χ0v) is 17.9. The minimum Gasteiger partial charge on any atom is -0.445 e. The van der Waals surface area contributed by atoms with Gasteiger partial charge in [-0.05, 0) is 31.0 Å². The van der Waals surface area contributed by atoms with E-state index in [0.717, 1.165) is 11.3 Å². The normalized spacial score (nSPS) is 21.2. The number of nitrogens with zero attached hydrogens (tertiary/aromatic N) is 2. The third kappa shape index (κ3) is 4.82. The van der Waals surface area contributed by atoms with Crippen molar-refractivity contribution in [1.82, 2.24) is 4.90 Å². The van der Waals surface area contributed by atoms with Gasteiger partial charge in [-0.2, -0.15) is 0 Å². The van der Waals surface area contributed by atoms with Gasteiger partial charge in [0.25, 0.3) is 0 Å². The second-order valence-electron chi connectivity index (χ2n) is 7.74. The van der Waals surface area contributed by atoms with E-state index in [-0.39, 0.29) is 24.6 Å². The molecular formula is C24H30N2O4. The van der Waals surface area contributed by atoms with Crippen molar-refractivity contribution in [1.29, 1.82) is 0 Å². The van der Waals surface area contributed by atoms with Gasteiger partial charge in [0.2, 0.25) is 5.91 Å². The highest BCUT2D eigenvalue weighted by Crippen LogP contribution is 2.33. The van der Waals surface area contributed by atoms with Gasteiger partial charge in [-0.1, -0.05) is 55.5 Å². The number of piperidine rings is 1. The topological polar surface area (TPSA) is 59.1 Å². The van der Waals surface area contributed by atoms with Crippen LogP contribution in [0.5, 0.6) is 0 Å². The van der Waals surface area contributed by atoms with Crippen LogP contribution in [-0.2, 0) is 20.9 Å². The van der Waals surface area contributed by atoms with Crippen LogP contribution in [0.1, 0.15) is 32.3 Å². The summed E-state index contributed by atoms with van der Waals surface area (Å²) in [5.74, 6) is 0.0366. The zero-order chi connectivity index (χ0) is 21.6. The smallest absolute Gasteiger partial charge is 0.410 e. The maximum atomic E-state index is 12.9. The number of amides is 2. The molecule has 0 radical (unpaired) electrons. The maximum Gasteiger partial charge on any atom is 0.410 e. The van der Waals surface area contributed by atoms with Crippen LogP contribution in [-0.4, -0.2) is 48.7 Å². The lowest BCUT2D eigenvalue weighted by Gasteiger charge is -2.49. The van der Waals surface area contributed by atoms with Gasteiger partial charge in [0.15, 0.2) is 0 Å². The van der Waals surface area contributed by atoms with Gasteiger partial charge in [0.1, 0.15) is 12.2 Å². The highest BCUT2D eigenvalue weighted by molar-refractivity contribution is 5.94. The van der Waals surface area contributed by atoms with E-state index in [1.807, 2.05) is 79.4 Å². The number of para-hydroxylation sites is 1. The molecule has 6 nitrogen and oxygen atoms in total. The van der Waals surface area contributed by atoms with Crippen molar-refractivity contribution in [3.8, 4) is 0 Å². The van der Waals surface area contributed by atoms with Crippen LogP contribution in [0.15, 0.2) is 60.7 Å². The van der Waals surface area contributed by atoms with Crippen molar-refractivity contribution in [3.05, 3.63) is 66.2 Å². The van der Waals surface area contributed by atoms with Crippen LogP contribution in [0.4, 0.5) is 10.5 Å².